The largest absolute Gasteiger partial charge is 0.324 e. The van der Waals surface area contributed by atoms with Gasteiger partial charge in [0.25, 0.3) is 0 Å². The van der Waals surface area contributed by atoms with Gasteiger partial charge in [0.15, 0.2) is 0 Å². The first-order chi connectivity index (χ1) is 4.21. The highest BCUT2D eigenvalue weighted by Gasteiger charge is 2.48. The standard InChI is InChI=1S/C7H14N2/c1-9-4-6-2-3-7(6,8)5-9/h6H,2-5,8H2,1H3/t6-,7-/m1/s1. The molecule has 2 aliphatic rings. The molecule has 1 aliphatic heterocycles. The molecule has 1 heterocycles. The summed E-state index contributed by atoms with van der Waals surface area (Å²) in [7, 11) is 2.16. The van der Waals surface area contributed by atoms with Gasteiger partial charge in [-0.25, -0.2) is 0 Å². The Hall–Kier alpha value is -0.0800. The Morgan fingerprint density at radius 2 is 2.44 bits per heavy atom. The molecule has 0 aromatic carbocycles. The minimum Gasteiger partial charge on any atom is -0.324 e. The first-order valence-corrected chi connectivity index (χ1v) is 3.68. The van der Waals surface area contributed by atoms with E-state index >= 15 is 0 Å². The molecule has 2 atom stereocenters. The molecular weight excluding hydrogens is 112 g/mol. The molecule has 2 rings (SSSR count). The molecule has 0 amide bonds. The van der Waals surface area contributed by atoms with E-state index in [-0.39, 0.29) is 5.54 Å². The predicted molar refractivity (Wildman–Crippen MR) is 37.1 cm³/mol. The van der Waals surface area contributed by atoms with Gasteiger partial charge in [-0.05, 0) is 25.8 Å². The first-order valence-electron chi connectivity index (χ1n) is 3.68. The third-order valence-electron chi connectivity index (χ3n) is 2.87. The highest BCUT2D eigenvalue weighted by atomic mass is 15.2. The van der Waals surface area contributed by atoms with Crippen molar-refractivity contribution in [2.24, 2.45) is 11.7 Å². The molecule has 2 heteroatoms. The van der Waals surface area contributed by atoms with Crippen LogP contribution in [-0.2, 0) is 0 Å². The highest BCUT2D eigenvalue weighted by molar-refractivity contribution is 5.07. The molecule has 0 radical (unpaired) electrons. The number of fused-ring (bicyclic) bond motifs is 1. The molecule has 0 aromatic rings. The number of nitrogens with zero attached hydrogens (tertiary/aromatic N) is 1. The quantitative estimate of drug-likeness (QED) is 0.496. The van der Waals surface area contributed by atoms with E-state index in [1.54, 1.807) is 0 Å². The SMILES string of the molecule is CN1C[C@H]2CC[C@@]2(N)C1. The average molecular weight is 126 g/mol. The van der Waals surface area contributed by atoms with E-state index in [1.165, 1.54) is 19.4 Å². The minimum atomic E-state index is 0.231. The van der Waals surface area contributed by atoms with Crippen LogP contribution in [0.3, 0.4) is 0 Å². The lowest BCUT2D eigenvalue weighted by Gasteiger charge is -2.40. The molecule has 1 saturated carbocycles. The molecule has 0 aromatic heterocycles. The van der Waals surface area contributed by atoms with Crippen LogP contribution >= 0.6 is 0 Å². The Bertz CT molecular complexity index is 135. The van der Waals surface area contributed by atoms with Gasteiger partial charge in [0.05, 0.1) is 0 Å². The van der Waals surface area contributed by atoms with Crippen LogP contribution in [0.15, 0.2) is 0 Å². The van der Waals surface area contributed by atoms with Crippen LogP contribution in [-0.4, -0.2) is 30.6 Å². The van der Waals surface area contributed by atoms with Crippen molar-refractivity contribution < 1.29 is 0 Å². The van der Waals surface area contributed by atoms with Crippen LogP contribution in [0.2, 0.25) is 0 Å². The van der Waals surface area contributed by atoms with E-state index in [4.69, 9.17) is 5.73 Å². The summed E-state index contributed by atoms with van der Waals surface area (Å²) >= 11 is 0. The highest BCUT2D eigenvalue weighted by Crippen LogP contribution is 2.41. The smallest absolute Gasteiger partial charge is 0.0324 e. The van der Waals surface area contributed by atoms with E-state index in [1.807, 2.05) is 0 Å². The summed E-state index contributed by atoms with van der Waals surface area (Å²) in [6, 6.07) is 0. The van der Waals surface area contributed by atoms with E-state index < -0.39 is 0 Å². The zero-order chi connectivity index (χ0) is 6.48. The second-order valence-corrected chi connectivity index (χ2v) is 3.67. The van der Waals surface area contributed by atoms with Crippen molar-refractivity contribution in [2.45, 2.75) is 18.4 Å². The molecule has 9 heavy (non-hydrogen) atoms. The zero-order valence-electron chi connectivity index (χ0n) is 5.93. The van der Waals surface area contributed by atoms with Crippen LogP contribution in [0.5, 0.6) is 0 Å². The van der Waals surface area contributed by atoms with Crippen LogP contribution in [0.25, 0.3) is 0 Å². The Labute approximate surface area is 56.0 Å². The summed E-state index contributed by atoms with van der Waals surface area (Å²) in [4.78, 5) is 2.34. The summed E-state index contributed by atoms with van der Waals surface area (Å²) in [5, 5.41) is 0. The van der Waals surface area contributed by atoms with Crippen molar-refractivity contribution in [3.63, 3.8) is 0 Å². The number of likely N-dealkylation sites (tertiary alicyclic amines) is 1. The van der Waals surface area contributed by atoms with Crippen molar-refractivity contribution >= 4 is 0 Å². The van der Waals surface area contributed by atoms with Gasteiger partial charge >= 0.3 is 0 Å². The molecule has 1 saturated heterocycles. The van der Waals surface area contributed by atoms with Crippen molar-refractivity contribution in [1.29, 1.82) is 0 Å². The van der Waals surface area contributed by atoms with E-state index in [2.05, 4.69) is 11.9 Å². The predicted octanol–water partition coefficient (Wildman–Crippen LogP) is 0.0393. The first kappa shape index (κ1) is 5.69. The maximum Gasteiger partial charge on any atom is 0.0324 e. The summed E-state index contributed by atoms with van der Waals surface area (Å²) in [6.07, 6.45) is 2.61. The molecule has 0 bridgehead atoms. The van der Waals surface area contributed by atoms with Crippen molar-refractivity contribution in [2.75, 3.05) is 20.1 Å². The minimum absolute atomic E-state index is 0.231. The molecule has 2 nitrogen and oxygen atoms in total. The fraction of sp³-hybridized carbons (Fsp3) is 1.00. The van der Waals surface area contributed by atoms with Gasteiger partial charge in [0.2, 0.25) is 0 Å². The number of hydrogen-bond acceptors (Lipinski definition) is 2. The van der Waals surface area contributed by atoms with Gasteiger partial charge in [-0.3, -0.25) is 0 Å². The molecule has 52 valence electrons. The zero-order valence-corrected chi connectivity index (χ0v) is 5.93. The number of rotatable bonds is 0. The van der Waals surface area contributed by atoms with E-state index in [0.29, 0.717) is 0 Å². The maximum atomic E-state index is 6.06. The summed E-state index contributed by atoms with van der Waals surface area (Å²) in [5.74, 6) is 0.822. The number of nitrogens with two attached hydrogens (primary N) is 1. The van der Waals surface area contributed by atoms with Crippen molar-refractivity contribution in [3.05, 3.63) is 0 Å². The van der Waals surface area contributed by atoms with E-state index in [0.717, 1.165) is 12.5 Å². The molecule has 2 fully saturated rings. The lowest BCUT2D eigenvalue weighted by atomic mass is 9.70. The Balaban J connectivity index is 2.12. The molecule has 2 N–H and O–H groups in total. The summed E-state index contributed by atoms with van der Waals surface area (Å²) in [6.45, 7) is 2.36. The molecule has 1 aliphatic carbocycles. The van der Waals surface area contributed by atoms with E-state index in [9.17, 15) is 0 Å². The lowest BCUT2D eigenvalue weighted by molar-refractivity contribution is 0.188. The second kappa shape index (κ2) is 1.50. The third kappa shape index (κ3) is 0.634. The summed E-state index contributed by atoms with van der Waals surface area (Å²) < 4.78 is 0. The van der Waals surface area contributed by atoms with Gasteiger partial charge in [0.1, 0.15) is 0 Å². The van der Waals surface area contributed by atoms with Gasteiger partial charge in [0, 0.05) is 18.6 Å². The third-order valence-corrected chi connectivity index (χ3v) is 2.87. The number of hydrogen-bond donors (Lipinski definition) is 1. The van der Waals surface area contributed by atoms with Gasteiger partial charge in [-0.2, -0.15) is 0 Å². The molecular formula is C7H14N2. The van der Waals surface area contributed by atoms with Gasteiger partial charge in [-0.15, -0.1) is 0 Å². The molecule has 0 spiro atoms. The van der Waals surface area contributed by atoms with Crippen molar-refractivity contribution in [3.8, 4) is 0 Å². The average Bonchev–Trinajstić information content (AvgIpc) is 1.94. The second-order valence-electron chi connectivity index (χ2n) is 3.67. The maximum absolute atomic E-state index is 6.06. The Morgan fingerprint density at radius 1 is 1.67 bits per heavy atom. The fourth-order valence-electron chi connectivity index (χ4n) is 2.14. The Morgan fingerprint density at radius 3 is 2.67 bits per heavy atom. The molecule has 0 unspecified atom stereocenters. The monoisotopic (exact) mass is 126 g/mol. The topological polar surface area (TPSA) is 29.3 Å². The number of likely N-dealkylation sites (N-methyl/N-ethyl adjacent to an activating group) is 1. The normalized spacial score (nSPS) is 50.7. The fourth-order valence-corrected chi connectivity index (χ4v) is 2.14. The van der Waals surface area contributed by atoms with Crippen LogP contribution in [0.4, 0.5) is 0 Å². The van der Waals surface area contributed by atoms with Crippen LogP contribution in [0.1, 0.15) is 12.8 Å². The van der Waals surface area contributed by atoms with Crippen LogP contribution in [0, 0.1) is 5.92 Å². The van der Waals surface area contributed by atoms with Gasteiger partial charge < -0.3 is 10.6 Å². The van der Waals surface area contributed by atoms with Crippen molar-refractivity contribution in [1.82, 2.24) is 4.90 Å². The lowest BCUT2D eigenvalue weighted by Crippen LogP contribution is -2.54. The van der Waals surface area contributed by atoms with Crippen LogP contribution < -0.4 is 5.73 Å². The Kier molecular flexibility index (Phi) is 0.945. The summed E-state index contributed by atoms with van der Waals surface area (Å²) in [5.41, 5.74) is 6.29. The van der Waals surface area contributed by atoms with Gasteiger partial charge in [-0.1, -0.05) is 0 Å².